The maximum Gasteiger partial charge on any atom is 0.416 e. The highest BCUT2D eigenvalue weighted by atomic mass is 19.4. The predicted octanol–water partition coefficient (Wildman–Crippen LogP) is 5.55. The maximum absolute atomic E-state index is 13.2. The van der Waals surface area contributed by atoms with Crippen LogP contribution in [0.5, 0.6) is 0 Å². The number of rotatable bonds is 9. The lowest BCUT2D eigenvalue weighted by Gasteiger charge is -2.27. The van der Waals surface area contributed by atoms with Crippen molar-refractivity contribution in [3.63, 3.8) is 0 Å². The number of carbonyl (C=O) groups excluding carboxylic acids is 2. The van der Waals surface area contributed by atoms with Gasteiger partial charge >= 0.3 is 12.2 Å². The number of urea groups is 1. The molecule has 0 unspecified atom stereocenters. The maximum atomic E-state index is 13.2. The Labute approximate surface area is 195 Å². The zero-order chi connectivity index (χ0) is 24.6. The third-order valence-corrected chi connectivity index (χ3v) is 4.92. The average Bonchev–Trinajstić information content (AvgIpc) is 3.32. The molecule has 6 nitrogen and oxygen atoms in total. The SMILES string of the molecule is C=CCN(CC(=O)N(Cc1ccccc1)Cc1ccco1)C(=O)Nc1ccc(C(F)(F)F)cc1. The van der Waals surface area contributed by atoms with Crippen molar-refractivity contribution in [1.82, 2.24) is 9.80 Å². The summed E-state index contributed by atoms with van der Waals surface area (Å²) in [5.74, 6) is 0.262. The van der Waals surface area contributed by atoms with Crippen molar-refractivity contribution in [2.45, 2.75) is 19.3 Å². The number of carbonyl (C=O) groups is 2. The van der Waals surface area contributed by atoms with Crippen molar-refractivity contribution in [2.24, 2.45) is 0 Å². The van der Waals surface area contributed by atoms with Crippen LogP contribution >= 0.6 is 0 Å². The lowest BCUT2D eigenvalue weighted by atomic mass is 10.2. The standard InChI is InChI=1S/C25H24F3N3O3/c1-2-14-30(24(33)29-21-12-10-20(11-13-21)25(26,27)28)18-23(32)31(17-22-9-6-15-34-22)16-19-7-4-3-5-8-19/h2-13,15H,1,14,16-18H2,(H,29,33). The first-order valence-corrected chi connectivity index (χ1v) is 10.4. The van der Waals surface area contributed by atoms with Gasteiger partial charge in [0, 0.05) is 18.8 Å². The van der Waals surface area contributed by atoms with Gasteiger partial charge in [0.25, 0.3) is 0 Å². The second-order valence-corrected chi connectivity index (χ2v) is 7.49. The van der Waals surface area contributed by atoms with Crippen molar-refractivity contribution in [3.8, 4) is 0 Å². The number of hydrogen-bond donors (Lipinski definition) is 1. The number of amides is 3. The number of nitrogens with one attached hydrogen (secondary N) is 1. The molecule has 34 heavy (non-hydrogen) atoms. The van der Waals surface area contributed by atoms with E-state index in [9.17, 15) is 22.8 Å². The molecular weight excluding hydrogens is 447 g/mol. The van der Waals surface area contributed by atoms with Crippen LogP contribution in [0.2, 0.25) is 0 Å². The molecule has 0 atom stereocenters. The molecular formula is C25H24F3N3O3. The minimum Gasteiger partial charge on any atom is -0.467 e. The van der Waals surface area contributed by atoms with E-state index in [4.69, 9.17) is 4.42 Å². The number of nitrogens with zero attached hydrogens (tertiary/aromatic N) is 2. The van der Waals surface area contributed by atoms with E-state index >= 15 is 0 Å². The van der Waals surface area contributed by atoms with Crippen LogP contribution in [-0.2, 0) is 24.1 Å². The molecule has 3 rings (SSSR count). The lowest BCUT2D eigenvalue weighted by Crippen LogP contribution is -2.44. The summed E-state index contributed by atoms with van der Waals surface area (Å²) in [6.07, 6.45) is -1.49. The molecule has 0 radical (unpaired) electrons. The van der Waals surface area contributed by atoms with Gasteiger partial charge in [0.15, 0.2) is 0 Å². The Kier molecular flexibility index (Phi) is 8.13. The molecule has 0 aliphatic heterocycles. The number of halogens is 3. The zero-order valence-electron chi connectivity index (χ0n) is 18.3. The molecule has 2 aromatic carbocycles. The highest BCUT2D eigenvalue weighted by molar-refractivity contribution is 5.92. The highest BCUT2D eigenvalue weighted by Crippen LogP contribution is 2.29. The molecule has 3 aromatic rings. The third kappa shape index (κ3) is 6.99. The molecule has 0 fully saturated rings. The van der Waals surface area contributed by atoms with E-state index in [1.54, 1.807) is 17.0 Å². The Morgan fingerprint density at radius 1 is 0.941 bits per heavy atom. The lowest BCUT2D eigenvalue weighted by molar-refractivity contribution is -0.137. The van der Waals surface area contributed by atoms with E-state index in [1.165, 1.54) is 17.2 Å². The van der Waals surface area contributed by atoms with Crippen LogP contribution in [0.25, 0.3) is 0 Å². The molecule has 0 aliphatic carbocycles. The van der Waals surface area contributed by atoms with Gasteiger partial charge in [-0.05, 0) is 42.0 Å². The van der Waals surface area contributed by atoms with Gasteiger partial charge in [0.1, 0.15) is 12.3 Å². The van der Waals surface area contributed by atoms with Crippen LogP contribution in [0.1, 0.15) is 16.9 Å². The van der Waals surface area contributed by atoms with Crippen molar-refractivity contribution < 1.29 is 27.2 Å². The summed E-state index contributed by atoms with van der Waals surface area (Å²) >= 11 is 0. The Bertz CT molecular complexity index is 1080. The first kappa shape index (κ1) is 24.6. The van der Waals surface area contributed by atoms with Crippen molar-refractivity contribution in [3.05, 3.63) is 103 Å². The first-order chi connectivity index (χ1) is 16.3. The van der Waals surface area contributed by atoms with Crippen molar-refractivity contribution >= 4 is 17.6 Å². The van der Waals surface area contributed by atoms with Gasteiger partial charge < -0.3 is 19.5 Å². The van der Waals surface area contributed by atoms with Gasteiger partial charge in [-0.2, -0.15) is 13.2 Å². The fourth-order valence-electron chi connectivity index (χ4n) is 3.21. The number of furan rings is 1. The molecule has 178 valence electrons. The van der Waals surface area contributed by atoms with Crippen LogP contribution < -0.4 is 5.32 Å². The topological polar surface area (TPSA) is 65.8 Å². The van der Waals surface area contributed by atoms with E-state index in [1.807, 2.05) is 30.3 Å². The summed E-state index contributed by atoms with van der Waals surface area (Å²) in [5, 5.41) is 2.53. The minimum atomic E-state index is -4.47. The fourth-order valence-corrected chi connectivity index (χ4v) is 3.21. The summed E-state index contributed by atoms with van der Waals surface area (Å²) < 4.78 is 43.7. The number of anilines is 1. The monoisotopic (exact) mass is 471 g/mol. The largest absolute Gasteiger partial charge is 0.467 e. The quantitative estimate of drug-likeness (QED) is 0.417. The molecule has 0 saturated heterocycles. The van der Waals surface area contributed by atoms with Crippen molar-refractivity contribution in [1.29, 1.82) is 0 Å². The molecule has 9 heteroatoms. The van der Waals surface area contributed by atoms with Gasteiger partial charge in [-0.3, -0.25) is 4.79 Å². The molecule has 1 heterocycles. The van der Waals surface area contributed by atoms with Gasteiger partial charge in [0.05, 0.1) is 18.4 Å². The zero-order valence-corrected chi connectivity index (χ0v) is 18.3. The Morgan fingerprint density at radius 3 is 2.24 bits per heavy atom. The summed E-state index contributed by atoms with van der Waals surface area (Å²) in [6, 6.07) is 16.3. The smallest absolute Gasteiger partial charge is 0.416 e. The Morgan fingerprint density at radius 2 is 1.65 bits per heavy atom. The first-order valence-electron chi connectivity index (χ1n) is 10.4. The van der Waals surface area contributed by atoms with Crippen molar-refractivity contribution in [2.75, 3.05) is 18.4 Å². The average molecular weight is 471 g/mol. The third-order valence-electron chi connectivity index (χ3n) is 4.92. The number of benzene rings is 2. The summed E-state index contributed by atoms with van der Waals surface area (Å²) in [6.45, 7) is 3.95. The van der Waals surface area contributed by atoms with E-state index < -0.39 is 17.8 Å². The molecule has 0 saturated carbocycles. The van der Waals surface area contributed by atoms with E-state index in [-0.39, 0.29) is 31.2 Å². The molecule has 1 aromatic heterocycles. The van der Waals surface area contributed by atoms with Crippen LogP contribution in [0.15, 0.2) is 90.1 Å². The Balaban J connectivity index is 1.71. The summed E-state index contributed by atoms with van der Waals surface area (Å²) in [4.78, 5) is 28.7. The van der Waals surface area contributed by atoms with Gasteiger partial charge in [-0.1, -0.05) is 36.4 Å². The van der Waals surface area contributed by atoms with Crippen LogP contribution in [0, 0.1) is 0 Å². The molecule has 0 aliphatic rings. The number of alkyl halides is 3. The van der Waals surface area contributed by atoms with Crippen LogP contribution in [0.3, 0.4) is 0 Å². The summed E-state index contributed by atoms with van der Waals surface area (Å²) in [5.41, 5.74) is 0.265. The van der Waals surface area contributed by atoms with Gasteiger partial charge in [-0.25, -0.2) is 4.79 Å². The van der Waals surface area contributed by atoms with Gasteiger partial charge in [0.2, 0.25) is 5.91 Å². The molecule has 3 amide bonds. The minimum absolute atomic E-state index is 0.0676. The van der Waals surface area contributed by atoms with Crippen LogP contribution in [0.4, 0.5) is 23.7 Å². The number of hydrogen-bond acceptors (Lipinski definition) is 3. The predicted molar refractivity (Wildman–Crippen MR) is 122 cm³/mol. The van der Waals surface area contributed by atoms with Gasteiger partial charge in [-0.15, -0.1) is 6.58 Å². The molecule has 1 N–H and O–H groups in total. The second kappa shape index (κ2) is 11.2. The Hall–Kier alpha value is -4.01. The molecule has 0 spiro atoms. The highest BCUT2D eigenvalue weighted by Gasteiger charge is 2.30. The van der Waals surface area contributed by atoms with E-state index in [0.717, 1.165) is 29.8 Å². The second-order valence-electron chi connectivity index (χ2n) is 7.49. The summed E-state index contributed by atoms with van der Waals surface area (Å²) in [7, 11) is 0. The molecule has 0 bridgehead atoms. The fraction of sp³-hybridized carbons (Fsp3) is 0.200. The normalized spacial score (nSPS) is 11.0. The van der Waals surface area contributed by atoms with E-state index in [2.05, 4.69) is 11.9 Å². The van der Waals surface area contributed by atoms with E-state index in [0.29, 0.717) is 12.3 Å². The van der Waals surface area contributed by atoms with Crippen LogP contribution in [-0.4, -0.2) is 34.8 Å².